The maximum absolute atomic E-state index is 12.2. The van der Waals surface area contributed by atoms with Crippen molar-refractivity contribution in [3.05, 3.63) is 47.0 Å². The largest absolute Gasteiger partial charge is 0.293 e. The van der Waals surface area contributed by atoms with Crippen LogP contribution in [0, 0.1) is 0 Å². The average Bonchev–Trinajstić information content (AvgIpc) is 2.36. The van der Waals surface area contributed by atoms with Crippen LogP contribution in [0.25, 0.3) is 10.8 Å². The molecular formula is C14H12BrClO. The predicted molar refractivity (Wildman–Crippen MR) is 76.3 cm³/mol. The van der Waals surface area contributed by atoms with Gasteiger partial charge in [-0.15, -0.1) is 0 Å². The zero-order valence-corrected chi connectivity index (χ0v) is 11.8. The molecule has 1 atom stereocenters. The van der Waals surface area contributed by atoms with Crippen molar-refractivity contribution in [3.8, 4) is 0 Å². The van der Waals surface area contributed by atoms with Gasteiger partial charge >= 0.3 is 0 Å². The van der Waals surface area contributed by atoms with E-state index in [9.17, 15) is 4.79 Å². The maximum atomic E-state index is 12.2. The number of hydrogen-bond donors (Lipinski definition) is 0. The molecule has 17 heavy (non-hydrogen) atoms. The Balaban J connectivity index is 2.61. The molecule has 0 bridgehead atoms. The van der Waals surface area contributed by atoms with Gasteiger partial charge in [-0.2, -0.15) is 0 Å². The summed E-state index contributed by atoms with van der Waals surface area (Å²) >= 11 is 9.39. The van der Waals surface area contributed by atoms with Crippen LogP contribution in [0.2, 0.25) is 5.02 Å². The van der Waals surface area contributed by atoms with Gasteiger partial charge in [-0.1, -0.05) is 58.7 Å². The van der Waals surface area contributed by atoms with Crippen molar-refractivity contribution in [1.29, 1.82) is 0 Å². The highest BCUT2D eigenvalue weighted by Crippen LogP contribution is 2.25. The van der Waals surface area contributed by atoms with E-state index >= 15 is 0 Å². The second kappa shape index (κ2) is 5.19. The molecule has 0 heterocycles. The van der Waals surface area contributed by atoms with Crippen LogP contribution in [0.4, 0.5) is 0 Å². The lowest BCUT2D eigenvalue weighted by molar-refractivity contribution is 0.0992. The summed E-state index contributed by atoms with van der Waals surface area (Å²) in [5.74, 6) is 0.111. The number of benzene rings is 2. The highest BCUT2D eigenvalue weighted by Gasteiger charge is 2.17. The number of hydrogen-bond acceptors (Lipinski definition) is 1. The third kappa shape index (κ3) is 2.53. The Hall–Kier alpha value is -0.860. The van der Waals surface area contributed by atoms with E-state index in [1.54, 1.807) is 0 Å². The second-order valence-corrected chi connectivity index (χ2v) is 5.45. The van der Waals surface area contributed by atoms with E-state index in [0.717, 1.165) is 22.8 Å². The molecule has 0 N–H and O–H groups in total. The van der Waals surface area contributed by atoms with Crippen molar-refractivity contribution in [2.75, 3.05) is 0 Å². The fraction of sp³-hybridized carbons (Fsp3) is 0.214. The SMILES string of the molecule is CCC(Br)C(=O)c1cccc2ccc(Cl)cc12. The zero-order chi connectivity index (χ0) is 12.4. The summed E-state index contributed by atoms with van der Waals surface area (Å²) in [5, 5.41) is 2.61. The first kappa shape index (κ1) is 12.6. The van der Waals surface area contributed by atoms with Crippen molar-refractivity contribution in [2.24, 2.45) is 0 Å². The van der Waals surface area contributed by atoms with Gasteiger partial charge < -0.3 is 0 Å². The lowest BCUT2D eigenvalue weighted by Gasteiger charge is -2.09. The summed E-state index contributed by atoms with van der Waals surface area (Å²) in [6.07, 6.45) is 0.774. The predicted octanol–water partition coefficient (Wildman–Crippen LogP) is 4.85. The van der Waals surface area contributed by atoms with Crippen molar-refractivity contribution in [3.63, 3.8) is 0 Å². The first-order valence-electron chi connectivity index (χ1n) is 5.50. The van der Waals surface area contributed by atoms with E-state index in [1.165, 1.54) is 0 Å². The summed E-state index contributed by atoms with van der Waals surface area (Å²) < 4.78 is 0. The van der Waals surface area contributed by atoms with Crippen LogP contribution >= 0.6 is 27.5 Å². The van der Waals surface area contributed by atoms with Gasteiger partial charge in [0.2, 0.25) is 0 Å². The van der Waals surface area contributed by atoms with Crippen molar-refractivity contribution in [1.82, 2.24) is 0 Å². The Labute approximate surface area is 114 Å². The smallest absolute Gasteiger partial charge is 0.177 e. The summed E-state index contributed by atoms with van der Waals surface area (Å²) in [6, 6.07) is 11.4. The monoisotopic (exact) mass is 310 g/mol. The minimum absolute atomic E-state index is 0.111. The van der Waals surface area contributed by atoms with Gasteiger partial charge in [-0.05, 0) is 29.3 Å². The first-order chi connectivity index (χ1) is 8.13. The molecule has 0 saturated carbocycles. The Kier molecular flexibility index (Phi) is 3.85. The maximum Gasteiger partial charge on any atom is 0.177 e. The highest BCUT2D eigenvalue weighted by molar-refractivity contribution is 9.10. The van der Waals surface area contributed by atoms with E-state index < -0.39 is 0 Å². The molecule has 0 fully saturated rings. The molecule has 0 aliphatic carbocycles. The molecule has 1 unspecified atom stereocenters. The van der Waals surface area contributed by atoms with Crippen LogP contribution in [-0.4, -0.2) is 10.6 Å². The van der Waals surface area contributed by atoms with Gasteiger partial charge in [0.1, 0.15) is 0 Å². The number of carbonyl (C=O) groups is 1. The fourth-order valence-corrected chi connectivity index (χ4v) is 2.23. The molecule has 0 aromatic heterocycles. The van der Waals surface area contributed by atoms with Crippen molar-refractivity contribution in [2.45, 2.75) is 18.2 Å². The molecule has 3 heteroatoms. The van der Waals surface area contributed by atoms with Crippen LogP contribution in [0.3, 0.4) is 0 Å². The van der Waals surface area contributed by atoms with Crippen LogP contribution in [0.5, 0.6) is 0 Å². The minimum atomic E-state index is -0.132. The Bertz CT molecular complexity index is 565. The molecule has 0 aliphatic heterocycles. The number of fused-ring (bicyclic) bond motifs is 1. The summed E-state index contributed by atoms with van der Waals surface area (Å²) in [5.41, 5.74) is 0.730. The minimum Gasteiger partial charge on any atom is -0.293 e. The average molecular weight is 312 g/mol. The molecule has 1 nitrogen and oxygen atoms in total. The number of ketones is 1. The molecular weight excluding hydrogens is 300 g/mol. The van der Waals surface area contributed by atoms with Gasteiger partial charge in [-0.3, -0.25) is 4.79 Å². The fourth-order valence-electron chi connectivity index (χ4n) is 1.81. The van der Waals surface area contributed by atoms with Gasteiger partial charge in [-0.25, -0.2) is 0 Å². The summed E-state index contributed by atoms with van der Waals surface area (Å²) in [7, 11) is 0. The molecule has 88 valence electrons. The zero-order valence-electron chi connectivity index (χ0n) is 9.41. The second-order valence-electron chi connectivity index (χ2n) is 3.91. The number of carbonyl (C=O) groups excluding carboxylic acids is 1. The standard InChI is InChI=1S/C14H12BrClO/c1-2-13(15)14(17)11-5-3-4-9-6-7-10(16)8-12(9)11/h3-8,13H,2H2,1H3. The topological polar surface area (TPSA) is 17.1 Å². The van der Waals surface area contributed by atoms with Gasteiger partial charge in [0, 0.05) is 10.6 Å². The van der Waals surface area contributed by atoms with Crippen LogP contribution in [-0.2, 0) is 0 Å². The number of Topliss-reactive ketones (excluding diaryl/α,β-unsaturated/α-hetero) is 1. The highest BCUT2D eigenvalue weighted by atomic mass is 79.9. The van der Waals surface area contributed by atoms with E-state index in [4.69, 9.17) is 11.6 Å². The molecule has 0 aliphatic rings. The molecule has 0 amide bonds. The normalized spacial score (nSPS) is 12.6. The van der Waals surface area contributed by atoms with E-state index in [2.05, 4.69) is 15.9 Å². The lowest BCUT2D eigenvalue weighted by atomic mass is 9.99. The molecule has 0 radical (unpaired) electrons. The van der Waals surface area contributed by atoms with E-state index in [1.807, 2.05) is 43.3 Å². The molecule has 2 aromatic rings. The van der Waals surface area contributed by atoms with Gasteiger partial charge in [0.25, 0.3) is 0 Å². The third-order valence-corrected chi connectivity index (χ3v) is 4.05. The number of alkyl halides is 1. The molecule has 0 spiro atoms. The van der Waals surface area contributed by atoms with Gasteiger partial charge in [0.05, 0.1) is 4.83 Å². The Morgan fingerprint density at radius 3 is 2.82 bits per heavy atom. The summed E-state index contributed by atoms with van der Waals surface area (Å²) in [6.45, 7) is 1.98. The lowest BCUT2D eigenvalue weighted by Crippen LogP contribution is -2.13. The first-order valence-corrected chi connectivity index (χ1v) is 6.79. The van der Waals surface area contributed by atoms with E-state index in [0.29, 0.717) is 5.02 Å². The molecule has 0 saturated heterocycles. The third-order valence-electron chi connectivity index (χ3n) is 2.75. The number of halogens is 2. The van der Waals surface area contributed by atoms with Crippen LogP contribution < -0.4 is 0 Å². The molecule has 2 aromatic carbocycles. The van der Waals surface area contributed by atoms with Crippen LogP contribution in [0.15, 0.2) is 36.4 Å². The van der Waals surface area contributed by atoms with Crippen molar-refractivity contribution < 1.29 is 4.79 Å². The van der Waals surface area contributed by atoms with Crippen LogP contribution in [0.1, 0.15) is 23.7 Å². The van der Waals surface area contributed by atoms with Gasteiger partial charge in [0.15, 0.2) is 5.78 Å². The van der Waals surface area contributed by atoms with Crippen molar-refractivity contribution >= 4 is 44.1 Å². The molecule has 2 rings (SSSR count). The number of rotatable bonds is 3. The summed E-state index contributed by atoms with van der Waals surface area (Å²) in [4.78, 5) is 12.1. The Morgan fingerprint density at radius 2 is 2.12 bits per heavy atom. The van der Waals surface area contributed by atoms with E-state index in [-0.39, 0.29) is 10.6 Å². The Morgan fingerprint density at radius 1 is 1.35 bits per heavy atom. The quantitative estimate of drug-likeness (QED) is 0.585.